The van der Waals surface area contributed by atoms with Crippen molar-refractivity contribution >= 4 is 5.69 Å². The number of benzene rings is 2. The highest BCUT2D eigenvalue weighted by molar-refractivity contribution is 5.52. The van der Waals surface area contributed by atoms with Gasteiger partial charge in [0.25, 0.3) is 0 Å². The molecule has 0 aliphatic carbocycles. The highest BCUT2D eigenvalue weighted by Crippen LogP contribution is 2.24. The van der Waals surface area contributed by atoms with Crippen LogP contribution in [0.15, 0.2) is 48.5 Å². The lowest BCUT2D eigenvalue weighted by Gasteiger charge is -2.15. The van der Waals surface area contributed by atoms with E-state index >= 15 is 0 Å². The molecule has 3 nitrogen and oxygen atoms in total. The van der Waals surface area contributed by atoms with Gasteiger partial charge in [-0.2, -0.15) is 5.26 Å². The van der Waals surface area contributed by atoms with Gasteiger partial charge in [0.1, 0.15) is 11.8 Å². The number of ether oxygens (including phenoxy) is 1. The van der Waals surface area contributed by atoms with Crippen molar-refractivity contribution in [2.75, 3.05) is 12.4 Å². The number of hydrogen-bond donors (Lipinski definition) is 1. The van der Waals surface area contributed by atoms with Crippen LogP contribution in [-0.4, -0.2) is 7.11 Å². The van der Waals surface area contributed by atoms with Crippen LogP contribution < -0.4 is 10.1 Å². The second-order valence-electron chi connectivity index (χ2n) is 4.29. The van der Waals surface area contributed by atoms with Gasteiger partial charge in [-0.15, -0.1) is 0 Å². The molecule has 96 valence electrons. The lowest BCUT2D eigenvalue weighted by atomic mass is 10.0. The standard InChI is InChI=1S/C16H16N2O/c1-12-6-3-4-9-15(12)16(11-17)18-13-7-5-8-14(10-13)19-2/h3-10,16,18H,1-2H3. The lowest BCUT2D eigenvalue weighted by molar-refractivity contribution is 0.415. The number of anilines is 1. The summed E-state index contributed by atoms with van der Waals surface area (Å²) in [6, 6.07) is 17.4. The van der Waals surface area contributed by atoms with Gasteiger partial charge in [-0.25, -0.2) is 0 Å². The van der Waals surface area contributed by atoms with Crippen molar-refractivity contribution in [3.63, 3.8) is 0 Å². The number of nitriles is 1. The molecular weight excluding hydrogens is 236 g/mol. The van der Waals surface area contributed by atoms with Crippen LogP contribution >= 0.6 is 0 Å². The normalized spacial score (nSPS) is 11.4. The van der Waals surface area contributed by atoms with E-state index in [9.17, 15) is 5.26 Å². The number of nitrogens with zero attached hydrogens (tertiary/aromatic N) is 1. The molecule has 3 heteroatoms. The third-order valence-electron chi connectivity index (χ3n) is 3.01. The second kappa shape index (κ2) is 5.92. The number of nitrogens with one attached hydrogen (secondary N) is 1. The van der Waals surface area contributed by atoms with Crippen LogP contribution in [0, 0.1) is 18.3 Å². The molecule has 0 fully saturated rings. The van der Waals surface area contributed by atoms with Gasteiger partial charge in [0.2, 0.25) is 0 Å². The summed E-state index contributed by atoms with van der Waals surface area (Å²) < 4.78 is 5.18. The molecule has 0 bridgehead atoms. The molecule has 0 aliphatic rings. The number of aryl methyl sites for hydroxylation is 1. The molecule has 19 heavy (non-hydrogen) atoms. The maximum Gasteiger partial charge on any atom is 0.140 e. The highest BCUT2D eigenvalue weighted by atomic mass is 16.5. The molecular formula is C16H16N2O. The monoisotopic (exact) mass is 252 g/mol. The molecule has 2 aromatic rings. The van der Waals surface area contributed by atoms with E-state index in [1.165, 1.54) is 0 Å². The average Bonchev–Trinajstić information content (AvgIpc) is 2.46. The molecule has 1 N–H and O–H groups in total. The molecule has 0 spiro atoms. The molecule has 2 rings (SSSR count). The second-order valence-corrected chi connectivity index (χ2v) is 4.29. The van der Waals surface area contributed by atoms with Crippen molar-refractivity contribution in [2.45, 2.75) is 13.0 Å². The summed E-state index contributed by atoms with van der Waals surface area (Å²) in [6.07, 6.45) is 0. The van der Waals surface area contributed by atoms with Crippen molar-refractivity contribution in [3.05, 3.63) is 59.7 Å². The fourth-order valence-corrected chi connectivity index (χ4v) is 1.97. The molecule has 0 saturated carbocycles. The Kier molecular flexibility index (Phi) is 4.04. The first-order chi connectivity index (χ1) is 9.24. The predicted molar refractivity (Wildman–Crippen MR) is 76.1 cm³/mol. The molecule has 0 saturated heterocycles. The van der Waals surface area contributed by atoms with Gasteiger partial charge in [0, 0.05) is 11.8 Å². The number of methoxy groups -OCH3 is 1. The van der Waals surface area contributed by atoms with Crippen molar-refractivity contribution in [1.82, 2.24) is 0 Å². The van der Waals surface area contributed by atoms with E-state index in [2.05, 4.69) is 11.4 Å². The Labute approximate surface area is 113 Å². The third kappa shape index (κ3) is 3.05. The van der Waals surface area contributed by atoms with E-state index in [1.54, 1.807) is 7.11 Å². The van der Waals surface area contributed by atoms with Gasteiger partial charge in [0.05, 0.1) is 13.2 Å². The van der Waals surface area contributed by atoms with Crippen molar-refractivity contribution in [2.24, 2.45) is 0 Å². The van der Waals surface area contributed by atoms with Crippen LogP contribution in [0.25, 0.3) is 0 Å². The van der Waals surface area contributed by atoms with Gasteiger partial charge < -0.3 is 10.1 Å². The van der Waals surface area contributed by atoms with E-state index in [-0.39, 0.29) is 6.04 Å². The fraction of sp³-hybridized carbons (Fsp3) is 0.188. The van der Waals surface area contributed by atoms with Crippen LogP contribution in [-0.2, 0) is 0 Å². The SMILES string of the molecule is COc1cccc(NC(C#N)c2ccccc2C)c1. The zero-order chi connectivity index (χ0) is 13.7. The summed E-state index contributed by atoms with van der Waals surface area (Å²) in [6.45, 7) is 2.01. The summed E-state index contributed by atoms with van der Waals surface area (Å²) in [5.41, 5.74) is 2.96. The average molecular weight is 252 g/mol. The Balaban J connectivity index is 2.25. The Morgan fingerprint density at radius 2 is 1.95 bits per heavy atom. The molecule has 0 aromatic heterocycles. The Bertz CT molecular complexity index is 602. The zero-order valence-electron chi connectivity index (χ0n) is 11.1. The first-order valence-corrected chi connectivity index (χ1v) is 6.10. The molecule has 1 unspecified atom stereocenters. The van der Waals surface area contributed by atoms with E-state index < -0.39 is 0 Å². The lowest BCUT2D eigenvalue weighted by Crippen LogP contribution is -2.09. The Hall–Kier alpha value is -2.47. The smallest absolute Gasteiger partial charge is 0.140 e. The van der Waals surface area contributed by atoms with Gasteiger partial charge in [-0.3, -0.25) is 0 Å². The van der Waals surface area contributed by atoms with E-state index in [0.717, 1.165) is 22.6 Å². The minimum absolute atomic E-state index is 0.367. The Morgan fingerprint density at radius 3 is 2.63 bits per heavy atom. The third-order valence-corrected chi connectivity index (χ3v) is 3.01. The largest absolute Gasteiger partial charge is 0.497 e. The summed E-state index contributed by atoms with van der Waals surface area (Å²) in [5.74, 6) is 0.770. The van der Waals surface area contributed by atoms with Crippen molar-refractivity contribution in [3.8, 4) is 11.8 Å². The van der Waals surface area contributed by atoms with Crippen molar-refractivity contribution < 1.29 is 4.74 Å². The quantitative estimate of drug-likeness (QED) is 0.902. The van der Waals surface area contributed by atoms with E-state index in [4.69, 9.17) is 4.74 Å². The van der Waals surface area contributed by atoms with E-state index in [1.807, 2.05) is 55.5 Å². The van der Waals surface area contributed by atoms with Gasteiger partial charge in [0.15, 0.2) is 0 Å². The molecule has 1 atom stereocenters. The molecule has 0 aliphatic heterocycles. The summed E-state index contributed by atoms with van der Waals surface area (Å²) in [4.78, 5) is 0. The van der Waals surface area contributed by atoms with Gasteiger partial charge >= 0.3 is 0 Å². The molecule has 0 amide bonds. The zero-order valence-corrected chi connectivity index (χ0v) is 11.1. The fourth-order valence-electron chi connectivity index (χ4n) is 1.97. The molecule has 0 heterocycles. The maximum atomic E-state index is 9.35. The van der Waals surface area contributed by atoms with Crippen LogP contribution in [0.3, 0.4) is 0 Å². The highest BCUT2D eigenvalue weighted by Gasteiger charge is 2.12. The van der Waals surface area contributed by atoms with Crippen LogP contribution in [0.1, 0.15) is 17.2 Å². The molecule has 0 radical (unpaired) electrons. The van der Waals surface area contributed by atoms with Crippen LogP contribution in [0.5, 0.6) is 5.75 Å². The number of hydrogen-bond acceptors (Lipinski definition) is 3. The minimum Gasteiger partial charge on any atom is -0.497 e. The predicted octanol–water partition coefficient (Wildman–Crippen LogP) is 3.68. The van der Waals surface area contributed by atoms with Gasteiger partial charge in [-0.05, 0) is 30.2 Å². The first-order valence-electron chi connectivity index (χ1n) is 6.10. The molecule has 2 aromatic carbocycles. The van der Waals surface area contributed by atoms with Gasteiger partial charge in [-0.1, -0.05) is 30.3 Å². The summed E-state index contributed by atoms with van der Waals surface area (Å²) >= 11 is 0. The Morgan fingerprint density at radius 1 is 1.16 bits per heavy atom. The first kappa shape index (κ1) is 13.0. The topological polar surface area (TPSA) is 45.0 Å². The maximum absolute atomic E-state index is 9.35. The number of rotatable bonds is 4. The van der Waals surface area contributed by atoms with Crippen LogP contribution in [0.2, 0.25) is 0 Å². The summed E-state index contributed by atoms with van der Waals surface area (Å²) in [7, 11) is 1.63. The van der Waals surface area contributed by atoms with Crippen LogP contribution in [0.4, 0.5) is 5.69 Å². The minimum atomic E-state index is -0.367. The van der Waals surface area contributed by atoms with Crippen molar-refractivity contribution in [1.29, 1.82) is 5.26 Å². The van der Waals surface area contributed by atoms with E-state index in [0.29, 0.717) is 0 Å². The summed E-state index contributed by atoms with van der Waals surface area (Å²) in [5, 5.41) is 12.6.